The van der Waals surface area contributed by atoms with Gasteiger partial charge in [-0.3, -0.25) is 9.78 Å². The van der Waals surface area contributed by atoms with Crippen molar-refractivity contribution in [1.29, 1.82) is 0 Å². The Hall–Kier alpha value is -3.65. The Bertz CT molecular complexity index is 1610. The summed E-state index contributed by atoms with van der Waals surface area (Å²) in [7, 11) is 0. The van der Waals surface area contributed by atoms with Crippen molar-refractivity contribution in [3.8, 4) is 11.3 Å². The van der Waals surface area contributed by atoms with E-state index in [1.807, 2.05) is 22.2 Å². The van der Waals surface area contributed by atoms with Gasteiger partial charge in [-0.25, -0.2) is 4.79 Å². The van der Waals surface area contributed by atoms with E-state index in [-0.39, 0.29) is 17.9 Å². The number of aryl methyl sites for hydroxylation is 2. The molecule has 2 saturated heterocycles. The third kappa shape index (κ3) is 5.81. The van der Waals surface area contributed by atoms with Crippen LogP contribution in [0.3, 0.4) is 0 Å². The first-order valence-electron chi connectivity index (χ1n) is 15.6. The summed E-state index contributed by atoms with van der Waals surface area (Å²) >= 11 is 1.69. The van der Waals surface area contributed by atoms with Crippen LogP contribution in [-0.2, 0) is 10.2 Å². The van der Waals surface area contributed by atoms with Gasteiger partial charge in [0.2, 0.25) is 5.91 Å². The van der Waals surface area contributed by atoms with Crippen molar-refractivity contribution in [1.82, 2.24) is 25.1 Å². The maximum atomic E-state index is 13.5. The Morgan fingerprint density at radius 2 is 1.74 bits per heavy atom. The molecule has 2 atom stereocenters. The Kier molecular flexibility index (Phi) is 8.07. The molecule has 0 aliphatic carbocycles. The number of carbonyl (C=O) groups is 2. The van der Waals surface area contributed by atoms with E-state index in [0.29, 0.717) is 12.5 Å². The Morgan fingerprint density at radius 3 is 2.44 bits per heavy atom. The normalized spacial score (nSPS) is 18.0. The third-order valence-corrected chi connectivity index (χ3v) is 10.7. The number of rotatable bonds is 7. The monoisotopic (exact) mass is 597 g/mol. The second-order valence-electron chi connectivity index (χ2n) is 13.1. The highest BCUT2D eigenvalue weighted by Gasteiger charge is 2.37. The lowest BCUT2D eigenvalue weighted by Crippen LogP contribution is -2.41. The molecular weight excluding hydrogens is 554 g/mol. The second-order valence-corrected chi connectivity index (χ2v) is 14.1. The molecule has 3 amide bonds. The quantitative estimate of drug-likeness (QED) is 0.238. The van der Waals surface area contributed by atoms with Crippen LogP contribution in [0.5, 0.6) is 0 Å². The number of hydrogen-bond acceptors (Lipinski definition) is 4. The van der Waals surface area contributed by atoms with Gasteiger partial charge in [0.05, 0.1) is 11.1 Å². The highest BCUT2D eigenvalue weighted by molar-refractivity contribution is 7.19. The maximum absolute atomic E-state index is 13.5. The first-order chi connectivity index (χ1) is 20.6. The fraction of sp³-hybridized carbons (Fsp3) is 0.457. The molecule has 7 nitrogen and oxygen atoms in total. The number of hydrogen-bond donors (Lipinski definition) is 2. The van der Waals surface area contributed by atoms with Gasteiger partial charge < -0.3 is 20.1 Å². The minimum absolute atomic E-state index is 0.00788. The minimum atomic E-state index is -0.592. The molecule has 2 fully saturated rings. The summed E-state index contributed by atoms with van der Waals surface area (Å²) in [6.07, 6.45) is 6.78. The van der Waals surface area contributed by atoms with E-state index in [0.717, 1.165) is 71.8 Å². The minimum Gasteiger partial charge on any atom is -0.346 e. The zero-order valence-corrected chi connectivity index (χ0v) is 26.8. The smallest absolute Gasteiger partial charge is 0.317 e. The van der Waals surface area contributed by atoms with Gasteiger partial charge in [0.15, 0.2) is 0 Å². The van der Waals surface area contributed by atoms with E-state index in [4.69, 9.17) is 0 Å². The van der Waals surface area contributed by atoms with Crippen LogP contribution in [0.2, 0.25) is 0 Å². The van der Waals surface area contributed by atoms with Gasteiger partial charge in [-0.1, -0.05) is 24.1 Å². The molecule has 1 unspecified atom stereocenters. The van der Waals surface area contributed by atoms with E-state index >= 15 is 0 Å². The van der Waals surface area contributed by atoms with Crippen molar-refractivity contribution in [3.05, 3.63) is 75.9 Å². The van der Waals surface area contributed by atoms with Crippen LogP contribution < -0.4 is 5.32 Å². The van der Waals surface area contributed by atoms with Gasteiger partial charge in [0.1, 0.15) is 4.83 Å². The zero-order chi connectivity index (χ0) is 30.3. The van der Waals surface area contributed by atoms with Gasteiger partial charge >= 0.3 is 6.03 Å². The summed E-state index contributed by atoms with van der Waals surface area (Å²) in [5, 5.41) is 4.40. The molecule has 5 heterocycles. The van der Waals surface area contributed by atoms with Gasteiger partial charge in [0.25, 0.3) is 0 Å². The second kappa shape index (κ2) is 11.8. The summed E-state index contributed by atoms with van der Waals surface area (Å²) in [4.78, 5) is 40.8. The average Bonchev–Trinajstić information content (AvgIpc) is 3.79. The highest BCUT2D eigenvalue weighted by atomic mass is 32.1. The number of fused-ring (bicyclic) bond motifs is 1. The number of likely N-dealkylation sites (tertiary alicyclic amines) is 2. The van der Waals surface area contributed by atoms with E-state index < -0.39 is 5.41 Å². The van der Waals surface area contributed by atoms with Crippen LogP contribution in [0.4, 0.5) is 4.79 Å². The predicted molar refractivity (Wildman–Crippen MR) is 175 cm³/mol. The summed E-state index contributed by atoms with van der Waals surface area (Å²) in [5.74, 6) is 0.621. The average molecular weight is 598 g/mol. The fourth-order valence-corrected chi connectivity index (χ4v) is 8.06. The molecule has 226 valence electrons. The largest absolute Gasteiger partial charge is 0.346 e. The standard InChI is InChI=1S/C35H43N5O2S/c1-22-16-23(2)18-27(17-22)31-30(24(3)20-37-34(42)40-15-10-26(21-40)25-8-11-36-12-9-25)28-19-29(43-32(28)38-31)35(4,5)33(41)39-13-6-7-14-39/h8-9,11-12,16-19,24,26,38H,6-7,10,13-15,20-21H2,1-5H3,(H,37,42)/t24-,26?/m1/s1. The van der Waals surface area contributed by atoms with Crippen molar-refractivity contribution in [2.24, 2.45) is 0 Å². The molecule has 8 heteroatoms. The molecule has 0 bridgehead atoms. The van der Waals surface area contributed by atoms with E-state index in [2.05, 4.69) is 86.3 Å². The summed E-state index contributed by atoms with van der Waals surface area (Å²) < 4.78 is 0. The van der Waals surface area contributed by atoms with Crippen LogP contribution in [0.1, 0.15) is 79.0 Å². The van der Waals surface area contributed by atoms with Crippen molar-refractivity contribution < 1.29 is 9.59 Å². The van der Waals surface area contributed by atoms with Crippen molar-refractivity contribution in [3.63, 3.8) is 0 Å². The summed E-state index contributed by atoms with van der Waals surface area (Å²) in [5.41, 5.74) is 6.54. The molecule has 4 aromatic rings. The molecule has 2 aliphatic rings. The highest BCUT2D eigenvalue weighted by Crippen LogP contribution is 2.43. The molecule has 3 aromatic heterocycles. The van der Waals surface area contributed by atoms with Gasteiger partial charge in [-0.15, -0.1) is 11.3 Å². The van der Waals surface area contributed by atoms with Crippen LogP contribution in [0.15, 0.2) is 48.8 Å². The molecule has 43 heavy (non-hydrogen) atoms. The number of benzene rings is 1. The topological polar surface area (TPSA) is 81.3 Å². The number of carbonyl (C=O) groups excluding carboxylic acids is 2. The molecule has 2 aliphatic heterocycles. The first kappa shape index (κ1) is 29.4. The maximum Gasteiger partial charge on any atom is 0.317 e. The van der Waals surface area contributed by atoms with Crippen molar-refractivity contribution >= 4 is 33.5 Å². The lowest BCUT2D eigenvalue weighted by molar-refractivity contribution is -0.135. The van der Waals surface area contributed by atoms with Crippen LogP contribution in [0, 0.1) is 13.8 Å². The molecular formula is C35H43N5O2S. The predicted octanol–water partition coefficient (Wildman–Crippen LogP) is 7.11. The Labute approximate surface area is 258 Å². The summed E-state index contributed by atoms with van der Waals surface area (Å²) in [6.45, 7) is 14.3. The first-order valence-corrected chi connectivity index (χ1v) is 16.4. The number of thiophene rings is 1. The van der Waals surface area contributed by atoms with Gasteiger partial charge in [0, 0.05) is 67.2 Å². The number of nitrogens with one attached hydrogen (secondary N) is 2. The molecule has 0 saturated carbocycles. The van der Waals surface area contributed by atoms with E-state index in [1.165, 1.54) is 22.3 Å². The Morgan fingerprint density at radius 1 is 1.05 bits per heavy atom. The number of aromatic amines is 1. The summed E-state index contributed by atoms with van der Waals surface area (Å²) in [6, 6.07) is 13.0. The van der Waals surface area contributed by atoms with E-state index in [1.54, 1.807) is 11.3 Å². The van der Waals surface area contributed by atoms with Crippen molar-refractivity contribution in [2.75, 3.05) is 32.7 Å². The van der Waals surface area contributed by atoms with Gasteiger partial charge in [-0.05, 0) is 94.0 Å². The molecule has 6 rings (SSSR count). The number of amides is 3. The fourth-order valence-electron chi connectivity index (χ4n) is 6.89. The number of aromatic nitrogens is 2. The SMILES string of the molecule is Cc1cc(C)cc(-c2[nH]c3sc(C(C)(C)C(=O)N4CCCC4)cc3c2[C@H](C)CNC(=O)N2CCC(c3ccncc3)C2)c1. The number of H-pyrrole nitrogens is 1. The molecule has 1 aromatic carbocycles. The zero-order valence-electron chi connectivity index (χ0n) is 26.0. The number of pyridine rings is 1. The lowest BCUT2D eigenvalue weighted by Gasteiger charge is -2.28. The van der Waals surface area contributed by atoms with Crippen LogP contribution >= 0.6 is 11.3 Å². The third-order valence-electron chi connectivity index (χ3n) is 9.29. The van der Waals surface area contributed by atoms with Gasteiger partial charge in [-0.2, -0.15) is 0 Å². The van der Waals surface area contributed by atoms with E-state index in [9.17, 15) is 9.59 Å². The van der Waals surface area contributed by atoms with Crippen LogP contribution in [0.25, 0.3) is 21.5 Å². The lowest BCUT2D eigenvalue weighted by atomic mass is 9.88. The molecule has 0 spiro atoms. The number of urea groups is 1. The number of nitrogens with zero attached hydrogens (tertiary/aromatic N) is 3. The van der Waals surface area contributed by atoms with Crippen molar-refractivity contribution in [2.45, 2.75) is 71.1 Å². The molecule has 2 N–H and O–H groups in total. The molecule has 0 radical (unpaired) electrons. The Balaban J connectivity index is 1.27. The van der Waals surface area contributed by atoms with Crippen LogP contribution in [-0.4, -0.2) is 64.4 Å².